The summed E-state index contributed by atoms with van der Waals surface area (Å²) in [6.07, 6.45) is 0. The molecule has 1 heterocycles. The van der Waals surface area contributed by atoms with Gasteiger partial charge in [-0.15, -0.1) is 11.3 Å². The average Bonchev–Trinajstić information content (AvgIpc) is 2.90. The molecule has 100 valence electrons. The SMILES string of the molecule is CCOc1cc(C(=O)O)ccc1OCc1cscn1. The van der Waals surface area contributed by atoms with Crippen molar-refractivity contribution in [3.05, 3.63) is 40.3 Å². The van der Waals surface area contributed by atoms with E-state index in [1.165, 1.54) is 23.5 Å². The number of carbonyl (C=O) groups is 1. The van der Waals surface area contributed by atoms with Crippen molar-refractivity contribution in [1.29, 1.82) is 0 Å². The van der Waals surface area contributed by atoms with Gasteiger partial charge in [0.05, 0.1) is 23.4 Å². The summed E-state index contributed by atoms with van der Waals surface area (Å²) in [5.41, 5.74) is 2.73. The number of carboxylic acid groups (broad SMARTS) is 1. The zero-order valence-corrected chi connectivity index (χ0v) is 11.1. The Hall–Kier alpha value is -2.08. The van der Waals surface area contributed by atoms with Gasteiger partial charge in [0, 0.05) is 5.38 Å². The molecule has 0 saturated heterocycles. The molecule has 6 heteroatoms. The Morgan fingerprint density at radius 2 is 2.21 bits per heavy atom. The predicted octanol–water partition coefficient (Wildman–Crippen LogP) is 2.82. The number of carboxylic acids is 1. The first-order chi connectivity index (χ1) is 9.20. The molecule has 0 fully saturated rings. The number of hydrogen-bond donors (Lipinski definition) is 1. The molecule has 0 aliphatic heterocycles. The Morgan fingerprint density at radius 1 is 1.37 bits per heavy atom. The lowest BCUT2D eigenvalue weighted by molar-refractivity contribution is 0.0696. The third-order valence-electron chi connectivity index (χ3n) is 2.35. The number of aromatic nitrogens is 1. The molecule has 1 aromatic carbocycles. The summed E-state index contributed by atoms with van der Waals surface area (Å²) < 4.78 is 11.0. The molecule has 0 amide bonds. The van der Waals surface area contributed by atoms with Crippen LogP contribution in [0.3, 0.4) is 0 Å². The van der Waals surface area contributed by atoms with Crippen molar-refractivity contribution < 1.29 is 19.4 Å². The minimum atomic E-state index is -0.994. The van der Waals surface area contributed by atoms with Crippen molar-refractivity contribution in [2.24, 2.45) is 0 Å². The number of nitrogens with zero attached hydrogens (tertiary/aromatic N) is 1. The molecule has 0 bridgehead atoms. The van der Waals surface area contributed by atoms with Gasteiger partial charge in [0.15, 0.2) is 11.5 Å². The lowest BCUT2D eigenvalue weighted by Crippen LogP contribution is -2.02. The highest BCUT2D eigenvalue weighted by Gasteiger charge is 2.11. The summed E-state index contributed by atoms with van der Waals surface area (Å²) in [7, 11) is 0. The van der Waals surface area contributed by atoms with Crippen molar-refractivity contribution in [3.8, 4) is 11.5 Å². The molecule has 19 heavy (non-hydrogen) atoms. The van der Waals surface area contributed by atoms with Crippen LogP contribution in [0.5, 0.6) is 11.5 Å². The lowest BCUT2D eigenvalue weighted by atomic mass is 10.2. The summed E-state index contributed by atoms with van der Waals surface area (Å²) in [5, 5.41) is 10.8. The molecule has 0 saturated carbocycles. The van der Waals surface area contributed by atoms with Gasteiger partial charge in [0.2, 0.25) is 0 Å². The summed E-state index contributed by atoms with van der Waals surface area (Å²) in [6.45, 7) is 2.60. The van der Waals surface area contributed by atoms with Crippen LogP contribution in [0.4, 0.5) is 0 Å². The molecule has 0 atom stereocenters. The van der Waals surface area contributed by atoms with Gasteiger partial charge in [0.1, 0.15) is 6.61 Å². The van der Waals surface area contributed by atoms with Crippen LogP contribution in [0, 0.1) is 0 Å². The van der Waals surface area contributed by atoms with E-state index >= 15 is 0 Å². The Labute approximate surface area is 114 Å². The predicted molar refractivity (Wildman–Crippen MR) is 71.0 cm³/mol. The maximum atomic E-state index is 10.9. The fourth-order valence-corrected chi connectivity index (χ4v) is 2.03. The summed E-state index contributed by atoms with van der Waals surface area (Å²) in [4.78, 5) is 15.0. The summed E-state index contributed by atoms with van der Waals surface area (Å²) in [6, 6.07) is 4.55. The van der Waals surface area contributed by atoms with Crippen LogP contribution in [0.15, 0.2) is 29.1 Å². The van der Waals surface area contributed by atoms with Crippen LogP contribution >= 0.6 is 11.3 Å². The standard InChI is InChI=1S/C13H13NO4S/c1-2-17-12-5-9(13(15)16)3-4-11(12)18-6-10-7-19-8-14-10/h3-5,7-8H,2,6H2,1H3,(H,15,16). The fraction of sp³-hybridized carbons (Fsp3) is 0.231. The van der Waals surface area contributed by atoms with E-state index in [1.54, 1.807) is 11.6 Å². The van der Waals surface area contributed by atoms with Crippen LogP contribution in [0.1, 0.15) is 23.0 Å². The highest BCUT2D eigenvalue weighted by Crippen LogP contribution is 2.29. The van der Waals surface area contributed by atoms with Crippen LogP contribution in [0.2, 0.25) is 0 Å². The van der Waals surface area contributed by atoms with E-state index < -0.39 is 5.97 Å². The number of aromatic carboxylic acids is 1. The van der Waals surface area contributed by atoms with Gasteiger partial charge in [-0.2, -0.15) is 0 Å². The normalized spacial score (nSPS) is 10.2. The Balaban J connectivity index is 2.16. The van der Waals surface area contributed by atoms with E-state index in [0.29, 0.717) is 24.7 Å². The number of rotatable bonds is 6. The molecular weight excluding hydrogens is 266 g/mol. The molecule has 2 aromatic rings. The smallest absolute Gasteiger partial charge is 0.335 e. The quantitative estimate of drug-likeness (QED) is 0.880. The second kappa shape index (κ2) is 6.19. The van der Waals surface area contributed by atoms with Crippen molar-refractivity contribution in [3.63, 3.8) is 0 Å². The van der Waals surface area contributed by atoms with Gasteiger partial charge in [-0.3, -0.25) is 0 Å². The summed E-state index contributed by atoms with van der Waals surface area (Å²) >= 11 is 1.50. The van der Waals surface area contributed by atoms with Gasteiger partial charge < -0.3 is 14.6 Å². The maximum Gasteiger partial charge on any atom is 0.335 e. The van der Waals surface area contributed by atoms with Crippen LogP contribution in [-0.2, 0) is 6.61 Å². The maximum absolute atomic E-state index is 10.9. The molecule has 1 N–H and O–H groups in total. The van der Waals surface area contributed by atoms with Crippen LogP contribution in [-0.4, -0.2) is 22.7 Å². The number of benzene rings is 1. The van der Waals surface area contributed by atoms with Gasteiger partial charge in [-0.1, -0.05) is 0 Å². The molecule has 0 radical (unpaired) electrons. The third kappa shape index (κ3) is 3.45. The van der Waals surface area contributed by atoms with E-state index in [4.69, 9.17) is 14.6 Å². The van der Waals surface area contributed by atoms with Gasteiger partial charge in [-0.05, 0) is 25.1 Å². The minimum absolute atomic E-state index is 0.171. The number of ether oxygens (including phenoxy) is 2. The first-order valence-corrected chi connectivity index (χ1v) is 6.65. The molecule has 0 unspecified atom stereocenters. The van der Waals surface area contributed by atoms with Crippen molar-refractivity contribution in [1.82, 2.24) is 4.98 Å². The topological polar surface area (TPSA) is 68.7 Å². The van der Waals surface area contributed by atoms with Gasteiger partial charge in [0.25, 0.3) is 0 Å². The highest BCUT2D eigenvalue weighted by atomic mass is 32.1. The van der Waals surface area contributed by atoms with E-state index in [2.05, 4.69) is 4.98 Å². The third-order valence-corrected chi connectivity index (χ3v) is 2.98. The molecule has 1 aromatic heterocycles. The van der Waals surface area contributed by atoms with E-state index in [1.807, 2.05) is 12.3 Å². The zero-order chi connectivity index (χ0) is 13.7. The van der Waals surface area contributed by atoms with E-state index in [9.17, 15) is 4.79 Å². The molecule has 0 aliphatic rings. The zero-order valence-electron chi connectivity index (χ0n) is 10.3. The van der Waals surface area contributed by atoms with Crippen LogP contribution < -0.4 is 9.47 Å². The van der Waals surface area contributed by atoms with Gasteiger partial charge >= 0.3 is 5.97 Å². The van der Waals surface area contributed by atoms with Gasteiger partial charge in [-0.25, -0.2) is 9.78 Å². The molecular formula is C13H13NO4S. The Morgan fingerprint density at radius 3 is 2.84 bits per heavy atom. The largest absolute Gasteiger partial charge is 0.490 e. The van der Waals surface area contributed by atoms with E-state index in [0.717, 1.165) is 5.69 Å². The highest BCUT2D eigenvalue weighted by molar-refractivity contribution is 7.07. The second-order valence-corrected chi connectivity index (χ2v) is 4.39. The minimum Gasteiger partial charge on any atom is -0.490 e. The lowest BCUT2D eigenvalue weighted by Gasteiger charge is -2.11. The first kappa shape index (κ1) is 13.4. The van der Waals surface area contributed by atoms with E-state index in [-0.39, 0.29) is 5.56 Å². The van der Waals surface area contributed by atoms with Crippen molar-refractivity contribution >= 4 is 17.3 Å². The molecule has 0 aliphatic carbocycles. The van der Waals surface area contributed by atoms with Crippen LogP contribution in [0.25, 0.3) is 0 Å². The number of thiazole rings is 1. The molecule has 5 nitrogen and oxygen atoms in total. The molecule has 2 rings (SSSR count). The first-order valence-electron chi connectivity index (χ1n) is 5.70. The van der Waals surface area contributed by atoms with Crippen molar-refractivity contribution in [2.45, 2.75) is 13.5 Å². The monoisotopic (exact) mass is 279 g/mol. The summed E-state index contributed by atoms with van der Waals surface area (Å²) in [5.74, 6) is -0.0514. The molecule has 0 spiro atoms. The van der Waals surface area contributed by atoms with Crippen molar-refractivity contribution in [2.75, 3.05) is 6.61 Å². The Bertz CT molecular complexity index is 554. The fourth-order valence-electron chi connectivity index (χ4n) is 1.49. The Kier molecular flexibility index (Phi) is 4.35. The number of hydrogen-bond acceptors (Lipinski definition) is 5. The second-order valence-electron chi connectivity index (χ2n) is 3.67. The average molecular weight is 279 g/mol.